The van der Waals surface area contributed by atoms with E-state index in [0.717, 1.165) is 24.3 Å². The molecule has 1 aromatic heterocycles. The molecule has 0 saturated carbocycles. The SMILES string of the molecule is CCC(CC)c1cc(CNC(=NC)NCCNC(=O)C(C)(C)C)on1. The Kier molecular flexibility index (Phi) is 8.45. The van der Waals surface area contributed by atoms with Gasteiger partial charge in [0.25, 0.3) is 0 Å². The summed E-state index contributed by atoms with van der Waals surface area (Å²) in [5.74, 6) is 1.92. The van der Waals surface area contributed by atoms with Gasteiger partial charge in [-0.05, 0) is 12.8 Å². The van der Waals surface area contributed by atoms with Gasteiger partial charge in [0.1, 0.15) is 0 Å². The maximum Gasteiger partial charge on any atom is 0.225 e. The summed E-state index contributed by atoms with van der Waals surface area (Å²) in [6.07, 6.45) is 2.11. The van der Waals surface area contributed by atoms with Crippen LogP contribution in [0.2, 0.25) is 0 Å². The molecule has 0 unspecified atom stereocenters. The summed E-state index contributed by atoms with van der Waals surface area (Å²) in [6, 6.07) is 2.00. The number of nitrogens with one attached hydrogen (secondary N) is 3. The highest BCUT2D eigenvalue weighted by Crippen LogP contribution is 2.22. The summed E-state index contributed by atoms with van der Waals surface area (Å²) >= 11 is 0. The zero-order valence-electron chi connectivity index (χ0n) is 16.4. The molecule has 142 valence electrons. The lowest BCUT2D eigenvalue weighted by Crippen LogP contribution is -2.43. The third-order valence-electron chi connectivity index (χ3n) is 4.02. The molecule has 0 radical (unpaired) electrons. The molecule has 0 aliphatic heterocycles. The number of hydrogen-bond donors (Lipinski definition) is 3. The Bertz CT molecular complexity index is 556. The molecule has 1 heterocycles. The van der Waals surface area contributed by atoms with Crippen molar-refractivity contribution in [2.24, 2.45) is 10.4 Å². The molecule has 1 rings (SSSR count). The third-order valence-corrected chi connectivity index (χ3v) is 4.02. The van der Waals surface area contributed by atoms with Gasteiger partial charge in [-0.25, -0.2) is 0 Å². The van der Waals surface area contributed by atoms with Gasteiger partial charge in [-0.1, -0.05) is 39.8 Å². The molecule has 0 aliphatic carbocycles. The number of hydrogen-bond acceptors (Lipinski definition) is 4. The highest BCUT2D eigenvalue weighted by molar-refractivity contribution is 5.81. The number of aromatic nitrogens is 1. The number of carbonyl (C=O) groups excluding carboxylic acids is 1. The molecule has 0 aromatic carbocycles. The van der Waals surface area contributed by atoms with E-state index in [-0.39, 0.29) is 11.3 Å². The van der Waals surface area contributed by atoms with Crippen LogP contribution in [-0.2, 0) is 11.3 Å². The fraction of sp³-hybridized carbons (Fsp3) is 0.722. The van der Waals surface area contributed by atoms with E-state index >= 15 is 0 Å². The van der Waals surface area contributed by atoms with Gasteiger partial charge in [-0.3, -0.25) is 9.79 Å². The first-order chi connectivity index (χ1) is 11.8. The molecular weight excluding hydrogens is 318 g/mol. The van der Waals surface area contributed by atoms with Gasteiger partial charge >= 0.3 is 0 Å². The maximum absolute atomic E-state index is 11.8. The van der Waals surface area contributed by atoms with E-state index in [2.05, 4.69) is 39.9 Å². The number of guanidine groups is 1. The normalized spacial score (nSPS) is 12.4. The fourth-order valence-electron chi connectivity index (χ4n) is 2.33. The molecule has 0 spiro atoms. The van der Waals surface area contributed by atoms with Crippen LogP contribution in [0.25, 0.3) is 0 Å². The first kappa shape index (κ1) is 21.0. The molecule has 0 bridgehead atoms. The van der Waals surface area contributed by atoms with Crippen LogP contribution in [-0.4, -0.2) is 37.2 Å². The number of rotatable bonds is 8. The van der Waals surface area contributed by atoms with Crippen LogP contribution in [0.15, 0.2) is 15.6 Å². The molecule has 0 saturated heterocycles. The van der Waals surface area contributed by atoms with Crippen molar-refractivity contribution in [3.8, 4) is 0 Å². The van der Waals surface area contributed by atoms with Crippen molar-refractivity contribution in [3.05, 3.63) is 17.5 Å². The van der Waals surface area contributed by atoms with Gasteiger partial charge < -0.3 is 20.5 Å². The Morgan fingerprint density at radius 2 is 1.84 bits per heavy atom. The lowest BCUT2D eigenvalue weighted by atomic mass is 9.96. The zero-order valence-corrected chi connectivity index (χ0v) is 16.4. The molecule has 7 heteroatoms. The number of carbonyl (C=O) groups is 1. The molecule has 1 amide bonds. The van der Waals surface area contributed by atoms with Gasteiger partial charge in [-0.15, -0.1) is 0 Å². The highest BCUT2D eigenvalue weighted by atomic mass is 16.5. The molecule has 1 aromatic rings. The topological polar surface area (TPSA) is 91.6 Å². The summed E-state index contributed by atoms with van der Waals surface area (Å²) < 4.78 is 5.39. The predicted octanol–water partition coefficient (Wildman–Crippen LogP) is 2.41. The Labute approximate surface area is 151 Å². The smallest absolute Gasteiger partial charge is 0.225 e. The van der Waals surface area contributed by atoms with Crippen molar-refractivity contribution in [1.82, 2.24) is 21.1 Å². The Morgan fingerprint density at radius 3 is 2.40 bits per heavy atom. The van der Waals surface area contributed by atoms with E-state index in [0.29, 0.717) is 31.5 Å². The lowest BCUT2D eigenvalue weighted by Gasteiger charge is -2.18. The standard InChI is InChI=1S/C18H33N5O2/c1-7-13(8-2)15-11-14(25-23-15)12-22-17(19-6)21-10-9-20-16(24)18(3,4)5/h11,13H,7-10,12H2,1-6H3,(H,20,24)(H2,19,21,22). The summed E-state index contributed by atoms with van der Waals surface area (Å²) in [4.78, 5) is 16.0. The van der Waals surface area contributed by atoms with Gasteiger partial charge in [0.05, 0.1) is 12.2 Å². The van der Waals surface area contributed by atoms with Crippen molar-refractivity contribution in [2.75, 3.05) is 20.1 Å². The summed E-state index contributed by atoms with van der Waals surface area (Å²) in [7, 11) is 1.71. The van der Waals surface area contributed by atoms with Crippen LogP contribution < -0.4 is 16.0 Å². The molecule has 0 fully saturated rings. The average Bonchev–Trinajstić information content (AvgIpc) is 3.03. The van der Waals surface area contributed by atoms with Crippen LogP contribution in [0, 0.1) is 5.41 Å². The van der Waals surface area contributed by atoms with Crippen molar-refractivity contribution < 1.29 is 9.32 Å². The molecular formula is C18H33N5O2. The van der Waals surface area contributed by atoms with Crippen LogP contribution in [0.4, 0.5) is 0 Å². The monoisotopic (exact) mass is 351 g/mol. The van der Waals surface area contributed by atoms with E-state index < -0.39 is 0 Å². The van der Waals surface area contributed by atoms with Crippen LogP contribution >= 0.6 is 0 Å². The van der Waals surface area contributed by atoms with E-state index in [1.54, 1.807) is 7.05 Å². The minimum absolute atomic E-state index is 0.0350. The summed E-state index contributed by atoms with van der Waals surface area (Å²) in [5.41, 5.74) is 0.633. The third kappa shape index (κ3) is 7.15. The van der Waals surface area contributed by atoms with E-state index in [4.69, 9.17) is 4.52 Å². The zero-order chi connectivity index (χ0) is 18.9. The largest absolute Gasteiger partial charge is 0.359 e. The number of amides is 1. The second-order valence-corrected chi connectivity index (χ2v) is 7.09. The predicted molar refractivity (Wildman–Crippen MR) is 100 cm³/mol. The Morgan fingerprint density at radius 1 is 1.20 bits per heavy atom. The van der Waals surface area contributed by atoms with Crippen molar-refractivity contribution >= 4 is 11.9 Å². The first-order valence-corrected chi connectivity index (χ1v) is 9.00. The fourth-order valence-corrected chi connectivity index (χ4v) is 2.33. The van der Waals surface area contributed by atoms with Gasteiger partial charge in [0, 0.05) is 37.5 Å². The van der Waals surface area contributed by atoms with Crippen LogP contribution in [0.5, 0.6) is 0 Å². The molecule has 0 atom stereocenters. The summed E-state index contributed by atoms with van der Waals surface area (Å²) in [5, 5.41) is 13.4. The molecule has 7 nitrogen and oxygen atoms in total. The number of nitrogens with zero attached hydrogens (tertiary/aromatic N) is 2. The highest BCUT2D eigenvalue weighted by Gasteiger charge is 2.20. The number of aliphatic imine (C=N–C) groups is 1. The molecule has 0 aliphatic rings. The van der Waals surface area contributed by atoms with Gasteiger partial charge in [-0.2, -0.15) is 0 Å². The second-order valence-electron chi connectivity index (χ2n) is 7.09. The molecule has 3 N–H and O–H groups in total. The Hall–Kier alpha value is -2.05. The van der Waals surface area contributed by atoms with E-state index in [9.17, 15) is 4.79 Å². The Balaban J connectivity index is 2.36. The quantitative estimate of drug-likeness (QED) is 0.380. The lowest BCUT2D eigenvalue weighted by molar-refractivity contribution is -0.128. The maximum atomic E-state index is 11.8. The minimum Gasteiger partial charge on any atom is -0.359 e. The average molecular weight is 351 g/mol. The summed E-state index contributed by atoms with van der Waals surface area (Å²) in [6.45, 7) is 11.6. The first-order valence-electron chi connectivity index (χ1n) is 9.00. The van der Waals surface area contributed by atoms with E-state index in [1.165, 1.54) is 0 Å². The van der Waals surface area contributed by atoms with Crippen LogP contribution in [0.3, 0.4) is 0 Å². The minimum atomic E-state index is -0.376. The van der Waals surface area contributed by atoms with Crippen LogP contribution in [0.1, 0.15) is 64.8 Å². The van der Waals surface area contributed by atoms with Gasteiger partial charge in [0.2, 0.25) is 5.91 Å². The van der Waals surface area contributed by atoms with E-state index in [1.807, 2.05) is 26.8 Å². The van der Waals surface area contributed by atoms with Crippen molar-refractivity contribution in [1.29, 1.82) is 0 Å². The van der Waals surface area contributed by atoms with Gasteiger partial charge in [0.15, 0.2) is 11.7 Å². The van der Waals surface area contributed by atoms with Crippen molar-refractivity contribution in [3.63, 3.8) is 0 Å². The second kappa shape index (κ2) is 10.1. The van der Waals surface area contributed by atoms with Crippen molar-refractivity contribution in [2.45, 2.75) is 59.9 Å². The molecule has 25 heavy (non-hydrogen) atoms.